The molecule has 138 valence electrons. The first-order valence-corrected chi connectivity index (χ1v) is 9.00. The van der Waals surface area contributed by atoms with Gasteiger partial charge in [0.1, 0.15) is 5.75 Å². The third-order valence-corrected chi connectivity index (χ3v) is 5.04. The third kappa shape index (κ3) is 4.55. The van der Waals surface area contributed by atoms with Crippen LogP contribution in [-0.4, -0.2) is 32.9 Å². The second-order valence-corrected chi connectivity index (χ2v) is 6.64. The van der Waals surface area contributed by atoms with E-state index >= 15 is 0 Å². The molecule has 2 N–H and O–H groups in total. The summed E-state index contributed by atoms with van der Waals surface area (Å²) in [5.41, 5.74) is 2.24. The zero-order valence-electron chi connectivity index (χ0n) is 15.2. The van der Waals surface area contributed by atoms with E-state index in [-0.39, 0.29) is 11.4 Å². The number of carbonyl (C=O) groups is 1. The summed E-state index contributed by atoms with van der Waals surface area (Å²) in [7, 11) is 1.64. The molecule has 1 saturated heterocycles. The molecule has 1 aliphatic heterocycles. The second kappa shape index (κ2) is 8.72. The van der Waals surface area contributed by atoms with Crippen LogP contribution in [0.3, 0.4) is 0 Å². The number of ether oxygens (including phenoxy) is 2. The number of methoxy groups -OCH3 is 1. The highest BCUT2D eigenvalue weighted by molar-refractivity contribution is 5.74. The van der Waals surface area contributed by atoms with Gasteiger partial charge >= 0.3 is 6.03 Å². The molecule has 0 atom stereocenters. The molecule has 5 heteroatoms. The van der Waals surface area contributed by atoms with Crippen molar-refractivity contribution in [3.05, 3.63) is 65.7 Å². The predicted octanol–water partition coefficient (Wildman–Crippen LogP) is 3.24. The summed E-state index contributed by atoms with van der Waals surface area (Å²) in [5.74, 6) is 0.808. The maximum absolute atomic E-state index is 12.3. The van der Waals surface area contributed by atoms with Crippen LogP contribution in [0.15, 0.2) is 54.6 Å². The van der Waals surface area contributed by atoms with Crippen molar-refractivity contribution in [1.29, 1.82) is 0 Å². The van der Waals surface area contributed by atoms with Gasteiger partial charge in [-0.1, -0.05) is 42.5 Å². The summed E-state index contributed by atoms with van der Waals surface area (Å²) >= 11 is 0. The van der Waals surface area contributed by atoms with Crippen LogP contribution < -0.4 is 15.4 Å². The smallest absolute Gasteiger partial charge is 0.315 e. The van der Waals surface area contributed by atoms with Crippen LogP contribution in [0.2, 0.25) is 0 Å². The number of benzene rings is 2. The van der Waals surface area contributed by atoms with Gasteiger partial charge < -0.3 is 20.1 Å². The zero-order valence-corrected chi connectivity index (χ0v) is 15.2. The summed E-state index contributed by atoms with van der Waals surface area (Å²) in [5, 5.41) is 5.98. The Morgan fingerprint density at radius 3 is 2.38 bits per heavy atom. The molecule has 0 bridgehead atoms. The lowest BCUT2D eigenvalue weighted by Gasteiger charge is -2.38. The van der Waals surface area contributed by atoms with Crippen molar-refractivity contribution in [2.24, 2.45) is 0 Å². The van der Waals surface area contributed by atoms with E-state index in [0.29, 0.717) is 13.1 Å². The van der Waals surface area contributed by atoms with Crippen molar-refractivity contribution < 1.29 is 14.3 Å². The van der Waals surface area contributed by atoms with Gasteiger partial charge in [0.05, 0.1) is 7.11 Å². The Hall–Kier alpha value is -2.53. The van der Waals surface area contributed by atoms with E-state index in [4.69, 9.17) is 9.47 Å². The standard InChI is InChI=1S/C21H26N2O3/c1-25-19-9-7-17(8-10-19)15-22-20(24)23-16-21(11-13-26-14-12-21)18-5-3-2-4-6-18/h2-10H,11-16H2,1H3,(H2,22,23,24). The van der Waals surface area contributed by atoms with E-state index in [2.05, 4.69) is 34.9 Å². The molecule has 0 radical (unpaired) electrons. The van der Waals surface area contributed by atoms with E-state index in [9.17, 15) is 4.79 Å². The van der Waals surface area contributed by atoms with Gasteiger partial charge in [-0.15, -0.1) is 0 Å². The Labute approximate surface area is 154 Å². The summed E-state index contributed by atoms with van der Waals surface area (Å²) < 4.78 is 10.7. The average Bonchev–Trinajstić information content (AvgIpc) is 2.72. The maximum Gasteiger partial charge on any atom is 0.315 e. The molecule has 3 rings (SSSR count). The second-order valence-electron chi connectivity index (χ2n) is 6.64. The van der Waals surface area contributed by atoms with Crippen LogP contribution in [0.5, 0.6) is 5.75 Å². The highest BCUT2D eigenvalue weighted by atomic mass is 16.5. The Morgan fingerprint density at radius 1 is 1.04 bits per heavy atom. The summed E-state index contributed by atoms with van der Waals surface area (Å²) in [6.45, 7) is 2.54. The lowest BCUT2D eigenvalue weighted by molar-refractivity contribution is 0.0507. The number of hydrogen-bond acceptors (Lipinski definition) is 3. The van der Waals surface area contributed by atoms with Gasteiger partial charge in [-0.05, 0) is 36.1 Å². The molecule has 0 aliphatic carbocycles. The molecule has 1 heterocycles. The fourth-order valence-corrected chi connectivity index (χ4v) is 3.36. The van der Waals surface area contributed by atoms with Crippen LogP contribution in [-0.2, 0) is 16.7 Å². The first-order valence-electron chi connectivity index (χ1n) is 9.00. The lowest BCUT2D eigenvalue weighted by atomic mass is 9.74. The minimum atomic E-state index is -0.150. The minimum Gasteiger partial charge on any atom is -0.497 e. The molecule has 2 aromatic carbocycles. The topological polar surface area (TPSA) is 59.6 Å². The fraction of sp³-hybridized carbons (Fsp3) is 0.381. The van der Waals surface area contributed by atoms with Crippen molar-refractivity contribution in [3.8, 4) is 5.75 Å². The Kier molecular flexibility index (Phi) is 6.12. The molecule has 5 nitrogen and oxygen atoms in total. The van der Waals surface area contributed by atoms with Gasteiger partial charge in [0, 0.05) is 31.7 Å². The molecule has 0 spiro atoms. The predicted molar refractivity (Wildman–Crippen MR) is 101 cm³/mol. The number of amides is 2. The SMILES string of the molecule is COc1ccc(CNC(=O)NCC2(c3ccccc3)CCOCC2)cc1. The summed E-state index contributed by atoms with van der Waals surface area (Å²) in [6.07, 6.45) is 1.82. The Balaban J connectivity index is 1.55. The van der Waals surface area contributed by atoms with Crippen LogP contribution in [0, 0.1) is 0 Å². The van der Waals surface area contributed by atoms with Gasteiger partial charge in [-0.2, -0.15) is 0 Å². The monoisotopic (exact) mass is 354 g/mol. The van der Waals surface area contributed by atoms with Crippen molar-refractivity contribution in [3.63, 3.8) is 0 Å². The van der Waals surface area contributed by atoms with E-state index in [1.807, 2.05) is 30.3 Å². The van der Waals surface area contributed by atoms with Gasteiger partial charge in [-0.3, -0.25) is 0 Å². The Bertz CT molecular complexity index is 695. The molecule has 2 aromatic rings. The largest absolute Gasteiger partial charge is 0.497 e. The molecule has 1 aliphatic rings. The van der Waals surface area contributed by atoms with Gasteiger partial charge in [0.15, 0.2) is 0 Å². The first kappa shape index (κ1) is 18.3. The molecule has 0 unspecified atom stereocenters. The number of urea groups is 1. The van der Waals surface area contributed by atoms with Crippen LogP contribution in [0.25, 0.3) is 0 Å². The Morgan fingerprint density at radius 2 is 1.73 bits per heavy atom. The normalized spacial score (nSPS) is 15.9. The molecular formula is C21H26N2O3. The average molecular weight is 354 g/mol. The van der Waals surface area contributed by atoms with Gasteiger partial charge in [-0.25, -0.2) is 4.79 Å². The number of rotatable bonds is 6. The zero-order chi connectivity index (χ0) is 18.2. The van der Waals surface area contributed by atoms with Crippen molar-refractivity contribution in [2.45, 2.75) is 24.8 Å². The fourth-order valence-electron chi connectivity index (χ4n) is 3.36. The first-order chi connectivity index (χ1) is 12.7. The highest BCUT2D eigenvalue weighted by Crippen LogP contribution is 2.34. The molecule has 1 fully saturated rings. The van der Waals surface area contributed by atoms with E-state index in [1.165, 1.54) is 5.56 Å². The van der Waals surface area contributed by atoms with E-state index < -0.39 is 0 Å². The number of carbonyl (C=O) groups excluding carboxylic acids is 1. The highest BCUT2D eigenvalue weighted by Gasteiger charge is 2.34. The maximum atomic E-state index is 12.3. The van der Waals surface area contributed by atoms with E-state index in [0.717, 1.165) is 37.4 Å². The molecular weight excluding hydrogens is 328 g/mol. The number of hydrogen-bond donors (Lipinski definition) is 2. The van der Waals surface area contributed by atoms with Gasteiger partial charge in [0.2, 0.25) is 0 Å². The van der Waals surface area contributed by atoms with Crippen molar-refractivity contribution >= 4 is 6.03 Å². The van der Waals surface area contributed by atoms with Crippen molar-refractivity contribution in [2.75, 3.05) is 26.9 Å². The van der Waals surface area contributed by atoms with Gasteiger partial charge in [0.25, 0.3) is 0 Å². The lowest BCUT2D eigenvalue weighted by Crippen LogP contribution is -2.47. The van der Waals surface area contributed by atoms with Crippen LogP contribution >= 0.6 is 0 Å². The molecule has 26 heavy (non-hydrogen) atoms. The van der Waals surface area contributed by atoms with Crippen LogP contribution in [0.4, 0.5) is 4.79 Å². The molecule has 0 saturated carbocycles. The summed E-state index contributed by atoms with van der Waals surface area (Å²) in [6, 6.07) is 17.9. The quantitative estimate of drug-likeness (QED) is 0.837. The minimum absolute atomic E-state index is 0.0586. The van der Waals surface area contributed by atoms with Crippen molar-refractivity contribution in [1.82, 2.24) is 10.6 Å². The molecule has 2 amide bonds. The molecule has 0 aromatic heterocycles. The third-order valence-electron chi connectivity index (χ3n) is 5.04. The number of nitrogens with one attached hydrogen (secondary N) is 2. The van der Waals surface area contributed by atoms with E-state index in [1.54, 1.807) is 7.11 Å². The van der Waals surface area contributed by atoms with Crippen LogP contribution in [0.1, 0.15) is 24.0 Å². The summed E-state index contributed by atoms with van der Waals surface area (Å²) in [4.78, 5) is 12.3.